The van der Waals surface area contributed by atoms with Crippen LogP contribution in [0.5, 0.6) is 0 Å². The van der Waals surface area contributed by atoms with Gasteiger partial charge in [0.25, 0.3) is 0 Å². The topological polar surface area (TPSA) is 15.3 Å². The maximum atomic E-state index is 3.77. The van der Waals surface area contributed by atoms with Crippen molar-refractivity contribution in [2.75, 3.05) is 37.7 Å². The van der Waals surface area contributed by atoms with Crippen LogP contribution in [0.3, 0.4) is 0 Å². The zero-order chi connectivity index (χ0) is 14.2. The summed E-state index contributed by atoms with van der Waals surface area (Å²) in [6.07, 6.45) is 8.54. The van der Waals surface area contributed by atoms with Crippen molar-refractivity contribution in [2.45, 2.75) is 58.4 Å². The number of hydrogen-bond donors (Lipinski definition) is 1. The van der Waals surface area contributed by atoms with Crippen LogP contribution in [0.15, 0.2) is 0 Å². The Hall–Kier alpha value is 0.270. The van der Waals surface area contributed by atoms with Gasteiger partial charge in [-0.2, -0.15) is 11.8 Å². The summed E-state index contributed by atoms with van der Waals surface area (Å²) in [5.74, 6) is 4.61. The quantitative estimate of drug-likeness (QED) is 0.806. The minimum Gasteiger partial charge on any atom is -0.314 e. The van der Waals surface area contributed by atoms with E-state index in [4.69, 9.17) is 0 Å². The summed E-state index contributed by atoms with van der Waals surface area (Å²) < 4.78 is 0. The lowest BCUT2D eigenvalue weighted by Gasteiger charge is -2.39. The van der Waals surface area contributed by atoms with Gasteiger partial charge in [0, 0.05) is 24.9 Å². The molecular weight excluding hydrogens is 264 g/mol. The number of thioether (sulfide) groups is 1. The standard InChI is InChI=1S/C17H34N2S/c1-3-6-15-7-8-17(18-4-2)16(13-15)14-19-9-5-11-20-12-10-19/h15-18H,3-14H2,1-2H3. The van der Waals surface area contributed by atoms with Crippen molar-refractivity contribution in [3.05, 3.63) is 0 Å². The van der Waals surface area contributed by atoms with E-state index in [0.29, 0.717) is 0 Å². The van der Waals surface area contributed by atoms with Crippen LogP contribution in [0, 0.1) is 11.8 Å². The number of nitrogens with zero attached hydrogens (tertiary/aromatic N) is 1. The third kappa shape index (κ3) is 5.23. The van der Waals surface area contributed by atoms with Gasteiger partial charge in [-0.3, -0.25) is 0 Å². The molecule has 2 fully saturated rings. The van der Waals surface area contributed by atoms with Crippen LogP contribution in [0.2, 0.25) is 0 Å². The molecule has 3 atom stereocenters. The molecule has 1 heterocycles. The molecule has 3 heteroatoms. The molecule has 118 valence electrons. The smallest absolute Gasteiger partial charge is 0.0108 e. The van der Waals surface area contributed by atoms with Gasteiger partial charge in [0.05, 0.1) is 0 Å². The van der Waals surface area contributed by atoms with E-state index in [0.717, 1.165) is 24.4 Å². The van der Waals surface area contributed by atoms with Gasteiger partial charge in [0.1, 0.15) is 0 Å². The van der Waals surface area contributed by atoms with Crippen molar-refractivity contribution in [1.82, 2.24) is 10.2 Å². The number of rotatable bonds is 6. The fourth-order valence-electron chi connectivity index (χ4n) is 4.08. The fourth-order valence-corrected chi connectivity index (χ4v) is 5.00. The molecule has 1 N–H and O–H groups in total. The van der Waals surface area contributed by atoms with Gasteiger partial charge in [-0.1, -0.05) is 26.7 Å². The molecule has 3 unspecified atom stereocenters. The van der Waals surface area contributed by atoms with E-state index in [-0.39, 0.29) is 0 Å². The average molecular weight is 299 g/mol. The third-order valence-corrected chi connectivity index (χ3v) is 6.11. The van der Waals surface area contributed by atoms with Crippen LogP contribution in [-0.4, -0.2) is 48.6 Å². The first kappa shape index (κ1) is 16.6. The highest BCUT2D eigenvalue weighted by Crippen LogP contribution is 2.33. The van der Waals surface area contributed by atoms with E-state index in [2.05, 4.69) is 35.8 Å². The summed E-state index contributed by atoms with van der Waals surface area (Å²) in [7, 11) is 0. The number of hydrogen-bond acceptors (Lipinski definition) is 3. The summed E-state index contributed by atoms with van der Waals surface area (Å²) >= 11 is 2.14. The van der Waals surface area contributed by atoms with Gasteiger partial charge in [-0.05, 0) is 56.4 Å². The molecule has 1 aliphatic carbocycles. The van der Waals surface area contributed by atoms with Crippen LogP contribution < -0.4 is 5.32 Å². The zero-order valence-electron chi connectivity index (χ0n) is 13.6. The van der Waals surface area contributed by atoms with Crippen molar-refractivity contribution in [3.63, 3.8) is 0 Å². The van der Waals surface area contributed by atoms with Gasteiger partial charge >= 0.3 is 0 Å². The second kappa shape index (κ2) is 9.32. The minimum atomic E-state index is 0.781. The molecule has 1 saturated heterocycles. The predicted molar refractivity (Wildman–Crippen MR) is 91.6 cm³/mol. The Morgan fingerprint density at radius 3 is 2.85 bits per heavy atom. The summed E-state index contributed by atoms with van der Waals surface area (Å²) in [5.41, 5.74) is 0. The van der Waals surface area contributed by atoms with Crippen molar-refractivity contribution in [1.29, 1.82) is 0 Å². The highest BCUT2D eigenvalue weighted by Gasteiger charge is 2.30. The molecule has 0 radical (unpaired) electrons. The molecule has 0 bridgehead atoms. The summed E-state index contributed by atoms with van der Waals surface area (Å²) in [5, 5.41) is 3.77. The molecule has 0 amide bonds. The molecule has 1 saturated carbocycles. The highest BCUT2D eigenvalue weighted by atomic mass is 32.2. The summed E-state index contributed by atoms with van der Waals surface area (Å²) in [4.78, 5) is 2.75. The second-order valence-corrected chi connectivity index (χ2v) is 7.88. The fraction of sp³-hybridized carbons (Fsp3) is 1.00. The van der Waals surface area contributed by atoms with E-state index in [1.807, 2.05) is 0 Å². The SMILES string of the molecule is CCCC1CCC(NCC)C(CN2CCCSCC2)C1. The molecule has 20 heavy (non-hydrogen) atoms. The van der Waals surface area contributed by atoms with Crippen molar-refractivity contribution < 1.29 is 0 Å². The van der Waals surface area contributed by atoms with E-state index >= 15 is 0 Å². The predicted octanol–water partition coefficient (Wildman–Crippen LogP) is 3.62. The average Bonchev–Trinajstić information content (AvgIpc) is 2.71. The van der Waals surface area contributed by atoms with Crippen LogP contribution in [0.1, 0.15) is 52.4 Å². The largest absolute Gasteiger partial charge is 0.314 e. The molecule has 0 aromatic carbocycles. The van der Waals surface area contributed by atoms with Gasteiger partial charge in [-0.25, -0.2) is 0 Å². The molecule has 2 rings (SSSR count). The maximum absolute atomic E-state index is 3.77. The zero-order valence-corrected chi connectivity index (χ0v) is 14.4. The van der Waals surface area contributed by atoms with E-state index in [1.54, 1.807) is 0 Å². The highest BCUT2D eigenvalue weighted by molar-refractivity contribution is 7.99. The van der Waals surface area contributed by atoms with E-state index < -0.39 is 0 Å². The molecule has 0 aromatic rings. The Labute approximate surface area is 130 Å². The molecule has 1 aliphatic heterocycles. The maximum Gasteiger partial charge on any atom is 0.0108 e. The third-order valence-electron chi connectivity index (χ3n) is 5.06. The van der Waals surface area contributed by atoms with Crippen LogP contribution in [-0.2, 0) is 0 Å². The normalized spacial score (nSPS) is 33.0. The van der Waals surface area contributed by atoms with Crippen molar-refractivity contribution >= 4 is 11.8 Å². The van der Waals surface area contributed by atoms with Gasteiger partial charge < -0.3 is 10.2 Å². The number of nitrogens with one attached hydrogen (secondary N) is 1. The Morgan fingerprint density at radius 2 is 2.05 bits per heavy atom. The Morgan fingerprint density at radius 1 is 1.15 bits per heavy atom. The van der Waals surface area contributed by atoms with Crippen LogP contribution in [0.4, 0.5) is 0 Å². The lowest BCUT2D eigenvalue weighted by Crippen LogP contribution is -2.46. The first-order chi connectivity index (χ1) is 9.83. The van der Waals surface area contributed by atoms with Crippen molar-refractivity contribution in [3.8, 4) is 0 Å². The van der Waals surface area contributed by atoms with Crippen LogP contribution in [0.25, 0.3) is 0 Å². The lowest BCUT2D eigenvalue weighted by atomic mass is 9.76. The Balaban J connectivity index is 1.87. The van der Waals surface area contributed by atoms with Crippen LogP contribution >= 0.6 is 11.8 Å². The molecule has 0 spiro atoms. The van der Waals surface area contributed by atoms with Gasteiger partial charge in [0.15, 0.2) is 0 Å². The van der Waals surface area contributed by atoms with Gasteiger partial charge in [0.2, 0.25) is 0 Å². The monoisotopic (exact) mass is 298 g/mol. The lowest BCUT2D eigenvalue weighted by molar-refractivity contribution is 0.141. The van der Waals surface area contributed by atoms with E-state index in [9.17, 15) is 0 Å². The molecule has 2 aliphatic rings. The molecular formula is C17H34N2S. The Bertz CT molecular complexity index is 251. The second-order valence-electron chi connectivity index (χ2n) is 6.66. The van der Waals surface area contributed by atoms with E-state index in [1.165, 1.54) is 69.7 Å². The van der Waals surface area contributed by atoms with Gasteiger partial charge in [-0.15, -0.1) is 0 Å². The Kier molecular flexibility index (Phi) is 7.75. The molecule has 0 aromatic heterocycles. The minimum absolute atomic E-state index is 0.781. The summed E-state index contributed by atoms with van der Waals surface area (Å²) in [6, 6.07) is 0.781. The first-order valence-electron chi connectivity index (χ1n) is 8.87. The summed E-state index contributed by atoms with van der Waals surface area (Å²) in [6.45, 7) is 9.74. The van der Waals surface area contributed by atoms with Crippen molar-refractivity contribution in [2.24, 2.45) is 11.8 Å². The molecule has 2 nitrogen and oxygen atoms in total. The first-order valence-corrected chi connectivity index (χ1v) is 10.0.